The van der Waals surface area contributed by atoms with E-state index < -0.39 is 57.0 Å². The molecule has 1 saturated heterocycles. The first kappa shape index (κ1) is 28.4. The number of hydrogen-bond donors (Lipinski definition) is 2. The molecule has 1 aromatic heterocycles. The summed E-state index contributed by atoms with van der Waals surface area (Å²) in [5.74, 6) is -2.34. The van der Waals surface area contributed by atoms with E-state index in [1.54, 1.807) is 19.1 Å². The topological polar surface area (TPSA) is 126 Å². The van der Waals surface area contributed by atoms with Crippen LogP contribution in [0.2, 0.25) is 0 Å². The average Bonchev–Trinajstić information content (AvgIpc) is 3.11. The number of nitrogens with one attached hydrogen (secondary N) is 2. The van der Waals surface area contributed by atoms with Gasteiger partial charge in [0.05, 0.1) is 12.6 Å². The maximum atomic E-state index is 14.2. The van der Waals surface area contributed by atoms with Gasteiger partial charge in [-0.3, -0.25) is 14.4 Å². The van der Waals surface area contributed by atoms with E-state index in [0.717, 1.165) is 21.8 Å². The van der Waals surface area contributed by atoms with E-state index in [4.69, 9.17) is 4.42 Å². The number of carbonyl (C=O) groups is 3. The summed E-state index contributed by atoms with van der Waals surface area (Å²) < 4.78 is 46.9. The zero-order valence-corrected chi connectivity index (χ0v) is 22.9. The second-order valence-corrected chi connectivity index (χ2v) is 12.1. The molecular weight excluding hydrogens is 525 g/mol. The van der Waals surface area contributed by atoms with Crippen LogP contribution in [0.1, 0.15) is 49.2 Å². The summed E-state index contributed by atoms with van der Waals surface area (Å²) in [5, 5.41) is 6.25. The third-order valence-corrected chi connectivity index (χ3v) is 8.65. The largest absolute Gasteiger partial charge is 0.451 e. The second-order valence-electron chi connectivity index (χ2n) is 10.1. The van der Waals surface area contributed by atoms with E-state index in [9.17, 15) is 27.2 Å². The molecule has 0 saturated carbocycles. The third kappa shape index (κ3) is 6.20. The van der Waals surface area contributed by atoms with Gasteiger partial charge in [-0.1, -0.05) is 44.2 Å². The van der Waals surface area contributed by atoms with E-state index in [2.05, 4.69) is 10.6 Å². The van der Waals surface area contributed by atoms with Gasteiger partial charge < -0.3 is 15.1 Å². The molecule has 4 rings (SSSR count). The predicted molar refractivity (Wildman–Crippen MR) is 143 cm³/mol. The van der Waals surface area contributed by atoms with Crippen LogP contribution in [-0.2, 0) is 19.6 Å². The normalized spacial score (nSPS) is 17.7. The van der Waals surface area contributed by atoms with Crippen LogP contribution in [0.5, 0.6) is 0 Å². The Morgan fingerprint density at radius 1 is 1.13 bits per heavy atom. The molecule has 208 valence electrons. The highest BCUT2D eigenvalue weighted by Crippen LogP contribution is 2.25. The number of hydrogen-bond acceptors (Lipinski definition) is 6. The van der Waals surface area contributed by atoms with Crippen molar-refractivity contribution in [3.63, 3.8) is 0 Å². The number of halogens is 1. The van der Waals surface area contributed by atoms with Crippen LogP contribution in [0.15, 0.2) is 57.8 Å². The maximum Gasteiger partial charge on any atom is 0.287 e. The molecule has 9 nitrogen and oxygen atoms in total. The number of furan rings is 1. The lowest BCUT2D eigenvalue weighted by molar-refractivity contribution is -0.129. The summed E-state index contributed by atoms with van der Waals surface area (Å²) in [7, 11) is -4.24. The van der Waals surface area contributed by atoms with E-state index in [-0.39, 0.29) is 31.1 Å². The second kappa shape index (κ2) is 11.7. The first-order valence-electron chi connectivity index (χ1n) is 12.9. The number of ketones is 1. The van der Waals surface area contributed by atoms with Gasteiger partial charge in [0.15, 0.2) is 11.5 Å². The monoisotopic (exact) mass is 557 g/mol. The molecule has 2 N–H and O–H groups in total. The summed E-state index contributed by atoms with van der Waals surface area (Å²) >= 11 is 0. The van der Waals surface area contributed by atoms with Crippen molar-refractivity contribution in [2.24, 2.45) is 5.92 Å². The maximum absolute atomic E-state index is 14.2. The molecular formula is C28H32FN3O6S. The number of Topliss-reactive ketones (excluding diaryl/α,β-unsaturated/α-hetero) is 1. The Morgan fingerprint density at radius 3 is 2.51 bits per heavy atom. The molecule has 3 aromatic rings. The number of sulfonamides is 1. The van der Waals surface area contributed by atoms with Crippen molar-refractivity contribution in [1.29, 1.82) is 0 Å². The van der Waals surface area contributed by atoms with Crippen LogP contribution in [0.25, 0.3) is 11.0 Å². The van der Waals surface area contributed by atoms with Crippen molar-refractivity contribution < 1.29 is 31.6 Å². The minimum atomic E-state index is -4.24. The zero-order valence-electron chi connectivity index (χ0n) is 22.1. The van der Waals surface area contributed by atoms with Crippen molar-refractivity contribution >= 4 is 38.6 Å². The summed E-state index contributed by atoms with van der Waals surface area (Å²) in [6.07, 6.45) is 0.800. The number of fused-ring (bicyclic) bond motifs is 1. The summed E-state index contributed by atoms with van der Waals surface area (Å²) in [4.78, 5) is 38.9. The lowest BCUT2D eigenvalue weighted by Crippen LogP contribution is -2.52. The van der Waals surface area contributed by atoms with Crippen LogP contribution in [-0.4, -0.2) is 55.5 Å². The Hall–Kier alpha value is -3.57. The van der Waals surface area contributed by atoms with Gasteiger partial charge in [-0.2, -0.15) is 4.31 Å². The molecule has 39 heavy (non-hydrogen) atoms. The Labute approximate surface area is 226 Å². The highest BCUT2D eigenvalue weighted by molar-refractivity contribution is 7.89. The molecule has 0 bridgehead atoms. The molecule has 11 heteroatoms. The Kier molecular flexibility index (Phi) is 8.51. The van der Waals surface area contributed by atoms with E-state index in [1.807, 2.05) is 26.0 Å². The predicted octanol–water partition coefficient (Wildman–Crippen LogP) is 3.56. The van der Waals surface area contributed by atoms with Crippen LogP contribution in [0.3, 0.4) is 0 Å². The zero-order chi connectivity index (χ0) is 28.3. The lowest BCUT2D eigenvalue weighted by Gasteiger charge is -2.23. The average molecular weight is 558 g/mol. The van der Waals surface area contributed by atoms with Crippen molar-refractivity contribution in [3.8, 4) is 0 Å². The number of carbonyl (C=O) groups excluding carboxylic acids is 3. The van der Waals surface area contributed by atoms with Gasteiger partial charge in [-0.15, -0.1) is 0 Å². The van der Waals surface area contributed by atoms with Crippen LogP contribution in [0, 0.1) is 18.7 Å². The summed E-state index contributed by atoms with van der Waals surface area (Å²) in [6.45, 7) is 5.08. The van der Waals surface area contributed by atoms with Gasteiger partial charge >= 0.3 is 0 Å². The first-order valence-corrected chi connectivity index (χ1v) is 14.3. The smallest absolute Gasteiger partial charge is 0.287 e. The van der Waals surface area contributed by atoms with Crippen molar-refractivity contribution in [2.45, 2.75) is 57.0 Å². The SMILES string of the molecule is Cc1c(C(=O)N[C@@H](CC(C)C)C(=O)NC2CCCN(S(=O)(=O)c3ccccc3F)CC2=O)oc2ccccc12. The molecule has 0 aliphatic carbocycles. The van der Waals surface area contributed by atoms with Crippen LogP contribution >= 0.6 is 0 Å². The van der Waals surface area contributed by atoms with Crippen LogP contribution < -0.4 is 10.6 Å². The van der Waals surface area contributed by atoms with E-state index in [1.165, 1.54) is 12.1 Å². The highest BCUT2D eigenvalue weighted by atomic mass is 32.2. The molecule has 1 aliphatic rings. The molecule has 1 fully saturated rings. The van der Waals surface area contributed by atoms with Crippen molar-refractivity contribution in [1.82, 2.24) is 14.9 Å². The standard InChI is InChI=1S/C28H32FN3O6S/c1-17(2)15-22(31-28(35)26-18(3)19-9-4-6-12-24(19)38-26)27(34)30-21-11-8-14-32(16-23(21)33)39(36,37)25-13-7-5-10-20(25)29/h4-7,9-10,12-13,17,21-22H,8,11,14-16H2,1-3H3,(H,30,34)(H,31,35)/t21?,22-/m0/s1. The Balaban J connectivity index is 1.47. The molecule has 2 aromatic carbocycles. The molecule has 0 radical (unpaired) electrons. The summed E-state index contributed by atoms with van der Waals surface area (Å²) in [5.41, 5.74) is 1.21. The molecule has 2 heterocycles. The fourth-order valence-corrected chi connectivity index (χ4v) is 6.25. The third-order valence-electron chi connectivity index (χ3n) is 6.77. The molecule has 1 aliphatic heterocycles. The minimum Gasteiger partial charge on any atom is -0.451 e. The number of nitrogens with zero attached hydrogens (tertiary/aromatic N) is 1. The first-order chi connectivity index (χ1) is 18.5. The number of aryl methyl sites for hydroxylation is 1. The van der Waals surface area contributed by atoms with E-state index >= 15 is 0 Å². The fraction of sp³-hybridized carbons (Fsp3) is 0.393. The molecule has 0 spiro atoms. The van der Waals surface area contributed by atoms with Gasteiger partial charge in [0.2, 0.25) is 15.9 Å². The quantitative estimate of drug-likeness (QED) is 0.436. The van der Waals surface area contributed by atoms with Crippen molar-refractivity contribution in [3.05, 3.63) is 65.7 Å². The number of benzene rings is 2. The summed E-state index contributed by atoms with van der Waals surface area (Å²) in [6, 6.07) is 10.3. The molecule has 2 amide bonds. The Bertz CT molecular complexity index is 1500. The fourth-order valence-electron chi connectivity index (χ4n) is 4.74. The van der Waals surface area contributed by atoms with Crippen LogP contribution in [0.4, 0.5) is 4.39 Å². The minimum absolute atomic E-state index is 0.00622. The Morgan fingerprint density at radius 2 is 1.82 bits per heavy atom. The van der Waals surface area contributed by atoms with Gasteiger partial charge in [0.1, 0.15) is 22.3 Å². The number of amides is 2. The molecule has 2 atom stereocenters. The van der Waals surface area contributed by atoms with Crippen molar-refractivity contribution in [2.75, 3.05) is 13.1 Å². The number of rotatable bonds is 8. The van der Waals surface area contributed by atoms with Gasteiger partial charge in [-0.25, -0.2) is 12.8 Å². The highest BCUT2D eigenvalue weighted by Gasteiger charge is 2.35. The van der Waals surface area contributed by atoms with E-state index in [0.29, 0.717) is 17.6 Å². The molecule has 1 unspecified atom stereocenters. The van der Waals surface area contributed by atoms with Gasteiger partial charge in [-0.05, 0) is 50.3 Å². The van der Waals surface area contributed by atoms with Gasteiger partial charge in [0, 0.05) is 17.5 Å². The van der Waals surface area contributed by atoms with Gasteiger partial charge in [0.25, 0.3) is 5.91 Å². The lowest BCUT2D eigenvalue weighted by atomic mass is 10.0. The number of para-hydroxylation sites is 1.